The van der Waals surface area contributed by atoms with Crippen LogP contribution in [-0.4, -0.2) is 42.9 Å². The Morgan fingerprint density at radius 3 is 2.36 bits per heavy atom. The molecule has 3 heterocycles. The quantitative estimate of drug-likeness (QED) is 0.675. The molecule has 5 rings (SSSR count). The lowest BCUT2D eigenvalue weighted by molar-refractivity contribution is 0.190. The van der Waals surface area contributed by atoms with Gasteiger partial charge in [-0.15, -0.1) is 0 Å². The number of oxazole rings is 1. The van der Waals surface area contributed by atoms with Gasteiger partial charge in [0.05, 0.1) is 4.90 Å². The van der Waals surface area contributed by atoms with Crippen LogP contribution in [0.2, 0.25) is 0 Å². The molecule has 3 aromatic rings. The van der Waals surface area contributed by atoms with Crippen molar-refractivity contribution in [2.24, 2.45) is 0 Å². The molecule has 6 nitrogen and oxygen atoms in total. The van der Waals surface area contributed by atoms with Crippen LogP contribution in [0.5, 0.6) is 0 Å². The van der Waals surface area contributed by atoms with Crippen LogP contribution >= 0.6 is 0 Å². The van der Waals surface area contributed by atoms with Crippen molar-refractivity contribution >= 4 is 27.1 Å². The molecule has 0 aliphatic carbocycles. The summed E-state index contributed by atoms with van der Waals surface area (Å²) in [5.74, 6) is 0. The highest BCUT2D eigenvalue weighted by atomic mass is 32.2. The molecule has 2 fully saturated rings. The monoisotopic (exact) mass is 397 g/mol. The molecule has 0 amide bonds. The molecule has 2 saturated heterocycles. The van der Waals surface area contributed by atoms with Gasteiger partial charge in [-0.3, -0.25) is 0 Å². The fourth-order valence-electron chi connectivity index (χ4n) is 4.62. The van der Waals surface area contributed by atoms with Crippen LogP contribution in [0.15, 0.2) is 63.9 Å². The molecule has 2 aliphatic heterocycles. The smallest absolute Gasteiger partial charge is 0.298 e. The second-order valence-electron chi connectivity index (χ2n) is 7.67. The minimum atomic E-state index is -3.47. The first kappa shape index (κ1) is 17.7. The summed E-state index contributed by atoms with van der Waals surface area (Å²) in [6.45, 7) is 2.08. The van der Waals surface area contributed by atoms with Gasteiger partial charge in [-0.1, -0.05) is 30.3 Å². The minimum Gasteiger partial charge on any atom is -0.423 e. The number of anilines is 1. The SMILES string of the molecule is O=S(=O)(c1ccccc1)N1CCCC12CCN(c1nc3ccccc3o1)CC2. The molecule has 0 unspecified atom stereocenters. The Hall–Kier alpha value is -2.38. The third kappa shape index (κ3) is 2.81. The standard InChI is InChI=1S/C21H23N3O3S/c25-28(26,17-7-2-1-3-8-17)24-14-6-11-21(24)12-15-23(16-13-21)20-22-18-9-4-5-10-19(18)27-20/h1-5,7-10H,6,11-16H2. The lowest BCUT2D eigenvalue weighted by Gasteiger charge is -2.43. The van der Waals surface area contributed by atoms with Crippen LogP contribution in [0.3, 0.4) is 0 Å². The number of rotatable bonds is 3. The molecular weight excluding hydrogens is 374 g/mol. The van der Waals surface area contributed by atoms with Gasteiger partial charge in [-0.2, -0.15) is 9.29 Å². The summed E-state index contributed by atoms with van der Waals surface area (Å²) in [5, 5.41) is 0. The molecular formula is C21H23N3O3S. The van der Waals surface area contributed by atoms with Gasteiger partial charge in [0.2, 0.25) is 10.0 Å². The van der Waals surface area contributed by atoms with Gasteiger partial charge >= 0.3 is 0 Å². The summed E-state index contributed by atoms with van der Waals surface area (Å²) in [6, 6.07) is 17.2. The van der Waals surface area contributed by atoms with E-state index in [0.29, 0.717) is 17.5 Å². The second-order valence-corrected chi connectivity index (χ2v) is 9.53. The molecule has 1 spiro atoms. The second kappa shape index (κ2) is 6.60. The van der Waals surface area contributed by atoms with Crippen molar-refractivity contribution in [1.82, 2.24) is 9.29 Å². The van der Waals surface area contributed by atoms with Crippen LogP contribution in [0.1, 0.15) is 25.7 Å². The van der Waals surface area contributed by atoms with Crippen molar-refractivity contribution in [2.75, 3.05) is 24.5 Å². The van der Waals surface area contributed by atoms with Crippen molar-refractivity contribution in [3.05, 3.63) is 54.6 Å². The van der Waals surface area contributed by atoms with Crippen LogP contribution in [0.4, 0.5) is 6.01 Å². The number of benzene rings is 2. The van der Waals surface area contributed by atoms with E-state index in [4.69, 9.17) is 4.42 Å². The first-order valence-corrected chi connectivity index (χ1v) is 11.2. The number of aromatic nitrogens is 1. The number of hydrogen-bond acceptors (Lipinski definition) is 5. The third-order valence-corrected chi connectivity index (χ3v) is 8.13. The minimum absolute atomic E-state index is 0.294. The Bertz CT molecular complexity index is 1050. The molecule has 2 aromatic carbocycles. The molecule has 0 atom stereocenters. The molecule has 0 bridgehead atoms. The summed E-state index contributed by atoms with van der Waals surface area (Å²) in [5.41, 5.74) is 1.34. The van der Waals surface area contributed by atoms with Crippen LogP contribution in [0.25, 0.3) is 11.1 Å². The van der Waals surface area contributed by atoms with E-state index in [1.165, 1.54) is 0 Å². The fraction of sp³-hybridized carbons (Fsp3) is 0.381. The summed E-state index contributed by atoms with van der Waals surface area (Å²) >= 11 is 0. The maximum atomic E-state index is 13.3. The maximum absolute atomic E-state index is 13.3. The van der Waals surface area contributed by atoms with Gasteiger partial charge in [-0.05, 0) is 49.9 Å². The highest BCUT2D eigenvalue weighted by molar-refractivity contribution is 7.89. The normalized spacial score (nSPS) is 20.2. The van der Waals surface area contributed by atoms with Crippen molar-refractivity contribution in [3.8, 4) is 0 Å². The van der Waals surface area contributed by atoms with E-state index in [2.05, 4.69) is 9.88 Å². The van der Waals surface area contributed by atoms with Crippen LogP contribution in [0, 0.1) is 0 Å². The molecule has 0 saturated carbocycles. The van der Waals surface area contributed by atoms with E-state index in [9.17, 15) is 8.42 Å². The van der Waals surface area contributed by atoms with Gasteiger partial charge in [0, 0.05) is 25.2 Å². The van der Waals surface area contributed by atoms with E-state index >= 15 is 0 Å². The van der Waals surface area contributed by atoms with Gasteiger partial charge in [0.1, 0.15) is 5.52 Å². The van der Waals surface area contributed by atoms with Gasteiger partial charge in [-0.25, -0.2) is 8.42 Å². The topological polar surface area (TPSA) is 66.7 Å². The maximum Gasteiger partial charge on any atom is 0.298 e. The summed E-state index contributed by atoms with van der Waals surface area (Å²) in [7, 11) is -3.47. The zero-order chi connectivity index (χ0) is 19.2. The van der Waals surface area contributed by atoms with Crippen LogP contribution < -0.4 is 4.90 Å². The van der Waals surface area contributed by atoms with E-state index < -0.39 is 10.0 Å². The largest absolute Gasteiger partial charge is 0.423 e. The summed E-state index contributed by atoms with van der Waals surface area (Å²) in [4.78, 5) is 7.12. The molecule has 7 heteroatoms. The Morgan fingerprint density at radius 1 is 0.893 bits per heavy atom. The van der Waals surface area contributed by atoms with Crippen LogP contribution in [-0.2, 0) is 10.0 Å². The lowest BCUT2D eigenvalue weighted by Crippen LogP contribution is -2.54. The Balaban J connectivity index is 1.38. The number of para-hydroxylation sites is 2. The highest BCUT2D eigenvalue weighted by Gasteiger charge is 2.49. The molecule has 28 heavy (non-hydrogen) atoms. The zero-order valence-electron chi connectivity index (χ0n) is 15.6. The van der Waals surface area contributed by atoms with Crippen molar-refractivity contribution < 1.29 is 12.8 Å². The van der Waals surface area contributed by atoms with Crippen molar-refractivity contribution in [1.29, 1.82) is 0 Å². The van der Waals surface area contributed by atoms with E-state index in [-0.39, 0.29) is 5.54 Å². The Kier molecular flexibility index (Phi) is 4.17. The Morgan fingerprint density at radius 2 is 1.61 bits per heavy atom. The average molecular weight is 398 g/mol. The first-order chi connectivity index (χ1) is 13.6. The lowest BCUT2D eigenvalue weighted by atomic mass is 9.86. The predicted octanol–water partition coefficient (Wildman–Crippen LogP) is 3.65. The predicted molar refractivity (Wildman–Crippen MR) is 108 cm³/mol. The molecule has 2 aliphatic rings. The molecule has 0 N–H and O–H groups in total. The fourth-order valence-corrected chi connectivity index (χ4v) is 6.53. The van der Waals surface area contributed by atoms with Gasteiger partial charge in [0.25, 0.3) is 6.01 Å². The number of fused-ring (bicyclic) bond motifs is 1. The number of nitrogens with zero attached hydrogens (tertiary/aromatic N) is 3. The van der Waals surface area contributed by atoms with E-state index in [1.54, 1.807) is 28.6 Å². The molecule has 146 valence electrons. The summed E-state index contributed by atoms with van der Waals surface area (Å²) < 4.78 is 34.2. The zero-order valence-corrected chi connectivity index (χ0v) is 16.4. The van der Waals surface area contributed by atoms with Gasteiger partial charge in [0.15, 0.2) is 5.58 Å². The number of piperidine rings is 1. The molecule has 0 radical (unpaired) electrons. The third-order valence-electron chi connectivity index (χ3n) is 6.11. The number of sulfonamides is 1. The van der Waals surface area contributed by atoms with E-state index in [1.807, 2.05) is 30.3 Å². The van der Waals surface area contributed by atoms with E-state index in [0.717, 1.165) is 49.9 Å². The highest BCUT2D eigenvalue weighted by Crippen LogP contribution is 2.42. The molecule has 1 aromatic heterocycles. The van der Waals surface area contributed by atoms with Crippen molar-refractivity contribution in [3.63, 3.8) is 0 Å². The first-order valence-electron chi connectivity index (χ1n) is 9.77. The van der Waals surface area contributed by atoms with Crippen molar-refractivity contribution in [2.45, 2.75) is 36.1 Å². The average Bonchev–Trinajstić information content (AvgIpc) is 3.34. The Labute approximate surface area is 164 Å². The summed E-state index contributed by atoms with van der Waals surface area (Å²) in [6.07, 6.45) is 3.41. The number of hydrogen-bond donors (Lipinski definition) is 0. The van der Waals surface area contributed by atoms with Gasteiger partial charge < -0.3 is 9.32 Å².